The van der Waals surface area contributed by atoms with E-state index in [0.29, 0.717) is 18.0 Å². The molecule has 0 spiro atoms. The summed E-state index contributed by atoms with van der Waals surface area (Å²) in [4.78, 5) is 2.44. The minimum absolute atomic E-state index is 0.0355. The van der Waals surface area contributed by atoms with E-state index >= 15 is 0 Å². The highest BCUT2D eigenvalue weighted by molar-refractivity contribution is 4.96. The molecule has 0 aromatic heterocycles. The van der Waals surface area contributed by atoms with Crippen molar-refractivity contribution in [2.45, 2.75) is 76.2 Å². The molecule has 2 saturated heterocycles. The standard InChI is InChI=1S/C15H27F3N2/c1-3-8-19-14(6-7-15(16,17)18)11-9-12-4-5-13(10-11)20(12)2/h11-14,19H,3-10H2,1-2H3. The molecule has 2 nitrogen and oxygen atoms in total. The number of rotatable bonds is 6. The predicted molar refractivity (Wildman–Crippen MR) is 74.7 cm³/mol. The maximum Gasteiger partial charge on any atom is 0.389 e. The van der Waals surface area contributed by atoms with Gasteiger partial charge in [0.15, 0.2) is 0 Å². The fourth-order valence-corrected chi connectivity index (χ4v) is 3.94. The fourth-order valence-electron chi connectivity index (χ4n) is 3.94. The number of nitrogens with one attached hydrogen (secondary N) is 1. The summed E-state index contributed by atoms with van der Waals surface area (Å²) < 4.78 is 37.5. The first-order valence-electron chi connectivity index (χ1n) is 7.92. The summed E-state index contributed by atoms with van der Waals surface area (Å²) in [6.07, 6.45) is 1.08. The molecule has 3 atom stereocenters. The highest BCUT2D eigenvalue weighted by Crippen LogP contribution is 2.40. The molecule has 118 valence electrons. The SMILES string of the molecule is CCCNC(CCC(F)(F)F)C1CC2CCC(C1)N2C. The third-order valence-electron chi connectivity index (χ3n) is 5.10. The van der Waals surface area contributed by atoms with Crippen LogP contribution < -0.4 is 5.32 Å². The second-order valence-corrected chi connectivity index (χ2v) is 6.50. The maximum absolute atomic E-state index is 12.5. The molecule has 2 fully saturated rings. The molecule has 0 aromatic rings. The normalized spacial score (nSPS) is 32.5. The van der Waals surface area contributed by atoms with E-state index in [0.717, 1.165) is 25.8 Å². The second-order valence-electron chi connectivity index (χ2n) is 6.50. The zero-order valence-electron chi connectivity index (χ0n) is 12.5. The Morgan fingerprint density at radius 3 is 2.30 bits per heavy atom. The van der Waals surface area contributed by atoms with Crippen LogP contribution in [0.3, 0.4) is 0 Å². The number of hydrogen-bond donors (Lipinski definition) is 1. The quantitative estimate of drug-likeness (QED) is 0.805. The molecule has 2 rings (SSSR count). The molecule has 0 aliphatic carbocycles. The number of hydrogen-bond acceptors (Lipinski definition) is 2. The Morgan fingerprint density at radius 1 is 1.20 bits per heavy atom. The average Bonchev–Trinajstić information content (AvgIpc) is 2.61. The maximum atomic E-state index is 12.5. The molecule has 1 N–H and O–H groups in total. The van der Waals surface area contributed by atoms with Gasteiger partial charge in [0.05, 0.1) is 0 Å². The first-order chi connectivity index (χ1) is 9.40. The van der Waals surface area contributed by atoms with Gasteiger partial charge in [0.2, 0.25) is 0 Å². The number of alkyl halides is 3. The van der Waals surface area contributed by atoms with Crippen LogP contribution >= 0.6 is 0 Å². The van der Waals surface area contributed by atoms with E-state index in [1.165, 1.54) is 12.8 Å². The molecular weight excluding hydrogens is 265 g/mol. The largest absolute Gasteiger partial charge is 0.389 e. The minimum Gasteiger partial charge on any atom is -0.314 e. The first-order valence-corrected chi connectivity index (χ1v) is 7.92. The Morgan fingerprint density at radius 2 is 1.80 bits per heavy atom. The van der Waals surface area contributed by atoms with Crippen molar-refractivity contribution in [2.24, 2.45) is 5.92 Å². The molecule has 2 aliphatic heterocycles. The van der Waals surface area contributed by atoms with Gasteiger partial charge in [-0.15, -0.1) is 0 Å². The Hall–Kier alpha value is -0.290. The number of nitrogens with zero attached hydrogens (tertiary/aromatic N) is 1. The summed E-state index contributed by atoms with van der Waals surface area (Å²) in [7, 11) is 2.17. The minimum atomic E-state index is -4.03. The lowest BCUT2D eigenvalue weighted by Gasteiger charge is -2.40. The van der Waals surface area contributed by atoms with E-state index in [1.54, 1.807) is 0 Å². The van der Waals surface area contributed by atoms with Gasteiger partial charge in [-0.25, -0.2) is 0 Å². The van der Waals surface area contributed by atoms with Crippen molar-refractivity contribution in [3.05, 3.63) is 0 Å². The summed E-state index contributed by atoms with van der Waals surface area (Å²) in [6.45, 7) is 2.89. The second kappa shape index (κ2) is 6.65. The van der Waals surface area contributed by atoms with Crippen LogP contribution in [0.15, 0.2) is 0 Å². The van der Waals surface area contributed by atoms with Gasteiger partial charge in [-0.3, -0.25) is 0 Å². The lowest BCUT2D eigenvalue weighted by molar-refractivity contribution is -0.137. The first kappa shape index (κ1) is 16.1. The van der Waals surface area contributed by atoms with Crippen LogP contribution in [0, 0.1) is 5.92 Å². The highest BCUT2D eigenvalue weighted by atomic mass is 19.4. The van der Waals surface area contributed by atoms with Crippen molar-refractivity contribution in [3.8, 4) is 0 Å². The Balaban J connectivity index is 1.92. The van der Waals surface area contributed by atoms with Crippen LogP contribution in [0.5, 0.6) is 0 Å². The zero-order valence-corrected chi connectivity index (χ0v) is 12.5. The van der Waals surface area contributed by atoms with Gasteiger partial charge < -0.3 is 10.2 Å². The van der Waals surface area contributed by atoms with Crippen LogP contribution in [-0.4, -0.2) is 42.8 Å². The van der Waals surface area contributed by atoms with Crippen LogP contribution in [-0.2, 0) is 0 Å². The van der Waals surface area contributed by atoms with E-state index in [1.807, 2.05) is 0 Å². The van der Waals surface area contributed by atoms with Crippen molar-refractivity contribution in [2.75, 3.05) is 13.6 Å². The van der Waals surface area contributed by atoms with Gasteiger partial charge in [-0.2, -0.15) is 13.2 Å². The molecule has 0 radical (unpaired) electrons. The lowest BCUT2D eigenvalue weighted by Crippen LogP contribution is -2.47. The zero-order chi connectivity index (χ0) is 14.8. The van der Waals surface area contributed by atoms with Crippen molar-refractivity contribution in [1.29, 1.82) is 0 Å². The third kappa shape index (κ3) is 4.10. The van der Waals surface area contributed by atoms with Gasteiger partial charge in [0, 0.05) is 24.5 Å². The highest BCUT2D eigenvalue weighted by Gasteiger charge is 2.41. The third-order valence-corrected chi connectivity index (χ3v) is 5.10. The fraction of sp³-hybridized carbons (Fsp3) is 1.00. The summed E-state index contributed by atoms with van der Waals surface area (Å²) in [5.41, 5.74) is 0. The van der Waals surface area contributed by atoms with E-state index in [2.05, 4.69) is 24.2 Å². The molecule has 0 amide bonds. The number of piperidine rings is 1. The topological polar surface area (TPSA) is 15.3 Å². The molecular formula is C15H27F3N2. The van der Waals surface area contributed by atoms with E-state index in [4.69, 9.17) is 0 Å². The van der Waals surface area contributed by atoms with Crippen molar-refractivity contribution in [1.82, 2.24) is 10.2 Å². The van der Waals surface area contributed by atoms with Crippen molar-refractivity contribution in [3.63, 3.8) is 0 Å². The van der Waals surface area contributed by atoms with Crippen LogP contribution in [0.25, 0.3) is 0 Å². The molecule has 0 saturated carbocycles. The van der Waals surface area contributed by atoms with Crippen molar-refractivity contribution >= 4 is 0 Å². The van der Waals surface area contributed by atoms with Gasteiger partial charge >= 0.3 is 6.18 Å². The van der Waals surface area contributed by atoms with Gasteiger partial charge in [0.1, 0.15) is 0 Å². The number of halogens is 3. The van der Waals surface area contributed by atoms with E-state index in [9.17, 15) is 13.2 Å². The van der Waals surface area contributed by atoms with E-state index < -0.39 is 12.6 Å². The van der Waals surface area contributed by atoms with Gasteiger partial charge in [-0.1, -0.05) is 6.92 Å². The Bertz CT molecular complexity index is 292. The van der Waals surface area contributed by atoms with Crippen LogP contribution in [0.4, 0.5) is 13.2 Å². The molecule has 2 aliphatic rings. The summed E-state index contributed by atoms with van der Waals surface area (Å²) in [5.74, 6) is 0.414. The summed E-state index contributed by atoms with van der Waals surface area (Å²) in [5, 5.41) is 3.38. The van der Waals surface area contributed by atoms with Gasteiger partial charge in [0.25, 0.3) is 0 Å². The van der Waals surface area contributed by atoms with Crippen molar-refractivity contribution < 1.29 is 13.2 Å². The Labute approximate surface area is 120 Å². The summed E-state index contributed by atoms with van der Waals surface area (Å²) >= 11 is 0. The molecule has 3 unspecified atom stereocenters. The predicted octanol–water partition coefficient (Wildman–Crippen LogP) is 3.57. The molecule has 5 heteroatoms. The Kier molecular flexibility index (Phi) is 5.35. The summed E-state index contributed by atoms with van der Waals surface area (Å²) in [6, 6.07) is 1.22. The molecule has 0 aromatic carbocycles. The van der Waals surface area contributed by atoms with Crippen LogP contribution in [0.1, 0.15) is 51.9 Å². The molecule has 2 bridgehead atoms. The number of fused-ring (bicyclic) bond motifs is 2. The smallest absolute Gasteiger partial charge is 0.314 e. The molecule has 20 heavy (non-hydrogen) atoms. The van der Waals surface area contributed by atoms with Gasteiger partial charge in [-0.05, 0) is 58.0 Å². The monoisotopic (exact) mass is 292 g/mol. The average molecular weight is 292 g/mol. The molecule has 2 heterocycles. The lowest BCUT2D eigenvalue weighted by atomic mass is 9.83. The van der Waals surface area contributed by atoms with E-state index in [-0.39, 0.29) is 12.5 Å². The van der Waals surface area contributed by atoms with Crippen LogP contribution in [0.2, 0.25) is 0 Å².